The number of benzene rings is 1. The number of amides is 1. The highest BCUT2D eigenvalue weighted by Gasteiger charge is 2.41. The van der Waals surface area contributed by atoms with Gasteiger partial charge in [0.05, 0.1) is 0 Å². The summed E-state index contributed by atoms with van der Waals surface area (Å²) < 4.78 is 2.23. The van der Waals surface area contributed by atoms with Crippen molar-refractivity contribution in [2.24, 2.45) is 5.41 Å². The average molecular weight is 367 g/mol. The van der Waals surface area contributed by atoms with Gasteiger partial charge in [0, 0.05) is 57.0 Å². The number of imidazole rings is 1. The Hall–Kier alpha value is -2.14. The Bertz CT molecular complexity index is 772. The second kappa shape index (κ2) is 7.85. The zero-order chi connectivity index (χ0) is 18.7. The summed E-state index contributed by atoms with van der Waals surface area (Å²) in [6.07, 6.45) is 8.15. The van der Waals surface area contributed by atoms with Crippen LogP contribution in [0.4, 0.5) is 0 Å². The van der Waals surface area contributed by atoms with E-state index in [2.05, 4.69) is 56.7 Å². The van der Waals surface area contributed by atoms with E-state index in [9.17, 15) is 4.79 Å². The smallest absolute Gasteiger partial charge is 0.222 e. The van der Waals surface area contributed by atoms with E-state index in [-0.39, 0.29) is 5.41 Å². The van der Waals surface area contributed by atoms with Crippen molar-refractivity contribution in [3.8, 4) is 0 Å². The van der Waals surface area contributed by atoms with Crippen LogP contribution in [0.2, 0.25) is 0 Å². The summed E-state index contributed by atoms with van der Waals surface area (Å²) in [5, 5.41) is 0. The number of aryl methyl sites for hydroxylation is 1. The third-order valence-electron chi connectivity index (χ3n) is 6.29. The molecule has 5 heteroatoms. The van der Waals surface area contributed by atoms with Crippen molar-refractivity contribution in [1.82, 2.24) is 19.4 Å². The second-order valence-corrected chi connectivity index (χ2v) is 8.28. The van der Waals surface area contributed by atoms with Crippen LogP contribution < -0.4 is 0 Å². The van der Waals surface area contributed by atoms with Crippen LogP contribution in [0.1, 0.15) is 37.1 Å². The topological polar surface area (TPSA) is 41.4 Å². The van der Waals surface area contributed by atoms with Gasteiger partial charge >= 0.3 is 0 Å². The largest absolute Gasteiger partial charge is 0.338 e. The van der Waals surface area contributed by atoms with Gasteiger partial charge in [-0.1, -0.05) is 30.3 Å². The Balaban J connectivity index is 1.39. The highest BCUT2D eigenvalue weighted by atomic mass is 16.2. The fraction of sp³-hybridized carbons (Fsp3) is 0.545. The van der Waals surface area contributed by atoms with E-state index in [0.29, 0.717) is 12.3 Å². The monoisotopic (exact) mass is 366 g/mol. The zero-order valence-corrected chi connectivity index (χ0v) is 16.3. The first kappa shape index (κ1) is 18.2. The normalized spacial score (nSPS) is 23.9. The van der Waals surface area contributed by atoms with Crippen molar-refractivity contribution in [1.29, 1.82) is 0 Å². The highest BCUT2D eigenvalue weighted by molar-refractivity contribution is 5.77. The fourth-order valence-corrected chi connectivity index (χ4v) is 4.77. The molecule has 4 rings (SSSR count). The van der Waals surface area contributed by atoms with E-state index in [1.165, 1.54) is 24.9 Å². The average Bonchev–Trinajstić information content (AvgIpc) is 3.09. The second-order valence-electron chi connectivity index (χ2n) is 8.28. The molecule has 0 unspecified atom stereocenters. The molecule has 0 N–H and O–H groups in total. The van der Waals surface area contributed by atoms with Crippen LogP contribution in [0.3, 0.4) is 0 Å². The van der Waals surface area contributed by atoms with Crippen molar-refractivity contribution in [2.45, 2.75) is 45.7 Å². The summed E-state index contributed by atoms with van der Waals surface area (Å²) >= 11 is 0. The lowest BCUT2D eigenvalue weighted by Gasteiger charge is -2.48. The Morgan fingerprint density at radius 2 is 1.96 bits per heavy atom. The van der Waals surface area contributed by atoms with E-state index < -0.39 is 0 Å². The lowest BCUT2D eigenvalue weighted by molar-refractivity contribution is -0.140. The summed E-state index contributed by atoms with van der Waals surface area (Å²) in [7, 11) is 0. The minimum Gasteiger partial charge on any atom is -0.338 e. The molecule has 27 heavy (non-hydrogen) atoms. The van der Waals surface area contributed by atoms with Gasteiger partial charge in [0.1, 0.15) is 5.82 Å². The van der Waals surface area contributed by atoms with E-state index in [4.69, 9.17) is 0 Å². The molecule has 1 aromatic heterocycles. The molecule has 1 spiro atoms. The van der Waals surface area contributed by atoms with Crippen molar-refractivity contribution in [2.75, 3.05) is 26.2 Å². The third-order valence-corrected chi connectivity index (χ3v) is 6.29. The van der Waals surface area contributed by atoms with Crippen molar-refractivity contribution < 1.29 is 4.79 Å². The molecule has 1 atom stereocenters. The summed E-state index contributed by atoms with van der Waals surface area (Å²) in [6.45, 7) is 8.05. The molecule has 0 saturated carbocycles. The van der Waals surface area contributed by atoms with Crippen molar-refractivity contribution in [3.05, 3.63) is 54.1 Å². The van der Waals surface area contributed by atoms with Gasteiger partial charge in [0.25, 0.3) is 0 Å². The number of nitrogens with zero attached hydrogens (tertiary/aromatic N) is 4. The van der Waals surface area contributed by atoms with Gasteiger partial charge in [-0.3, -0.25) is 4.79 Å². The zero-order valence-electron chi connectivity index (χ0n) is 16.3. The predicted octanol–water partition coefficient (Wildman–Crippen LogP) is 3.10. The Kier molecular flexibility index (Phi) is 5.30. The van der Waals surface area contributed by atoms with Crippen LogP contribution in [0.25, 0.3) is 0 Å². The maximum absolute atomic E-state index is 12.5. The van der Waals surface area contributed by atoms with Gasteiger partial charge in [-0.2, -0.15) is 0 Å². The summed E-state index contributed by atoms with van der Waals surface area (Å²) in [6, 6.07) is 10.4. The van der Waals surface area contributed by atoms with Gasteiger partial charge in [-0.05, 0) is 38.3 Å². The lowest BCUT2D eigenvalue weighted by atomic mass is 9.73. The molecule has 144 valence electrons. The van der Waals surface area contributed by atoms with E-state index >= 15 is 0 Å². The van der Waals surface area contributed by atoms with Crippen LogP contribution in [-0.2, 0) is 17.9 Å². The van der Waals surface area contributed by atoms with Crippen molar-refractivity contribution in [3.63, 3.8) is 0 Å². The van der Waals surface area contributed by atoms with E-state index in [1.807, 2.05) is 12.3 Å². The number of aromatic nitrogens is 2. The maximum Gasteiger partial charge on any atom is 0.222 e. The molecule has 2 aliphatic rings. The maximum atomic E-state index is 12.5. The molecule has 1 amide bonds. The first-order valence-corrected chi connectivity index (χ1v) is 10.2. The third kappa shape index (κ3) is 4.24. The minimum atomic E-state index is 0.269. The minimum absolute atomic E-state index is 0.269. The molecule has 3 heterocycles. The Labute approximate surface area is 162 Å². The van der Waals surface area contributed by atoms with Gasteiger partial charge in [-0.15, -0.1) is 0 Å². The first-order chi connectivity index (χ1) is 13.1. The molecule has 2 aliphatic heterocycles. The SMILES string of the molecule is Cc1nccn1CCN1CCC[C@@]2(CCC(=O)N(Cc3ccccc3)C2)C1. The van der Waals surface area contributed by atoms with Gasteiger partial charge in [0.15, 0.2) is 0 Å². The summed E-state index contributed by atoms with van der Waals surface area (Å²) in [5.74, 6) is 1.40. The number of rotatable bonds is 5. The van der Waals surface area contributed by atoms with Crippen LogP contribution in [-0.4, -0.2) is 51.4 Å². The Morgan fingerprint density at radius 3 is 2.74 bits per heavy atom. The molecular formula is C22H30N4O. The van der Waals surface area contributed by atoms with Crippen LogP contribution >= 0.6 is 0 Å². The highest BCUT2D eigenvalue weighted by Crippen LogP contribution is 2.39. The number of carbonyl (C=O) groups is 1. The number of hydrogen-bond acceptors (Lipinski definition) is 3. The van der Waals surface area contributed by atoms with Gasteiger partial charge < -0.3 is 14.4 Å². The molecule has 5 nitrogen and oxygen atoms in total. The van der Waals surface area contributed by atoms with Gasteiger partial charge in [0.2, 0.25) is 5.91 Å². The molecule has 0 aliphatic carbocycles. The van der Waals surface area contributed by atoms with Crippen LogP contribution in [0.15, 0.2) is 42.7 Å². The van der Waals surface area contributed by atoms with E-state index in [0.717, 1.165) is 45.0 Å². The number of piperidine rings is 2. The van der Waals surface area contributed by atoms with Crippen LogP contribution in [0, 0.1) is 12.3 Å². The molecule has 0 radical (unpaired) electrons. The Morgan fingerprint density at radius 1 is 1.11 bits per heavy atom. The first-order valence-electron chi connectivity index (χ1n) is 10.2. The predicted molar refractivity (Wildman–Crippen MR) is 106 cm³/mol. The summed E-state index contributed by atoms with van der Waals surface area (Å²) in [5.41, 5.74) is 1.50. The van der Waals surface area contributed by atoms with Gasteiger partial charge in [-0.25, -0.2) is 4.98 Å². The molecule has 0 bridgehead atoms. The number of likely N-dealkylation sites (tertiary alicyclic amines) is 2. The fourth-order valence-electron chi connectivity index (χ4n) is 4.77. The molecule has 2 saturated heterocycles. The standard InChI is InChI=1S/C22H30N4O/c1-19-23-11-13-25(19)15-14-24-12-5-9-22(17-24)10-8-21(27)26(18-22)16-20-6-3-2-4-7-20/h2-4,6-7,11,13H,5,8-10,12,14-18H2,1H3/t22-/m1/s1. The number of hydrogen-bond donors (Lipinski definition) is 0. The van der Waals surface area contributed by atoms with Crippen molar-refractivity contribution >= 4 is 5.91 Å². The quantitative estimate of drug-likeness (QED) is 0.816. The van der Waals surface area contributed by atoms with E-state index in [1.54, 1.807) is 0 Å². The molecular weight excluding hydrogens is 336 g/mol. The summed E-state index contributed by atoms with van der Waals surface area (Å²) in [4.78, 5) is 21.5. The lowest BCUT2D eigenvalue weighted by Crippen LogP contribution is -2.54. The molecule has 2 aromatic rings. The van der Waals surface area contributed by atoms with Crippen LogP contribution in [0.5, 0.6) is 0 Å². The molecule has 2 fully saturated rings. The molecule has 1 aromatic carbocycles. The number of carbonyl (C=O) groups excluding carboxylic acids is 1.